The monoisotopic (exact) mass is 313 g/mol. The van der Waals surface area contributed by atoms with Crippen LogP contribution in [0.25, 0.3) is 0 Å². The van der Waals surface area contributed by atoms with Crippen molar-refractivity contribution in [2.24, 2.45) is 0 Å². The smallest absolute Gasteiger partial charge is 0.232 e. The molecule has 0 spiro atoms. The Morgan fingerprint density at radius 2 is 1.91 bits per heavy atom. The average molecular weight is 313 g/mol. The minimum atomic E-state index is -0.166. The lowest BCUT2D eigenvalue weighted by Gasteiger charge is -2.06. The van der Waals surface area contributed by atoms with Crippen molar-refractivity contribution in [1.82, 2.24) is 10.5 Å². The molecule has 2 amide bonds. The number of carbonyl (C=O) groups excluding carboxylic acids is 2. The van der Waals surface area contributed by atoms with Crippen molar-refractivity contribution in [3.8, 4) is 0 Å². The highest BCUT2D eigenvalue weighted by Crippen LogP contribution is 2.19. The summed E-state index contributed by atoms with van der Waals surface area (Å²) in [6.07, 6.45) is 2.68. The molecular formula is C17H19N3O3. The molecule has 0 saturated heterocycles. The molecule has 3 rings (SSSR count). The molecule has 1 aliphatic carbocycles. The number of hydrogen-bond acceptors (Lipinski definition) is 4. The minimum Gasteiger partial charge on any atom is -0.361 e. The molecule has 1 aliphatic rings. The van der Waals surface area contributed by atoms with Crippen LogP contribution >= 0.6 is 0 Å². The molecule has 0 atom stereocenters. The van der Waals surface area contributed by atoms with E-state index in [2.05, 4.69) is 15.8 Å². The quantitative estimate of drug-likeness (QED) is 0.854. The van der Waals surface area contributed by atoms with E-state index in [-0.39, 0.29) is 18.2 Å². The largest absolute Gasteiger partial charge is 0.361 e. The topological polar surface area (TPSA) is 84.2 Å². The van der Waals surface area contributed by atoms with Crippen molar-refractivity contribution in [1.29, 1.82) is 0 Å². The fourth-order valence-corrected chi connectivity index (χ4v) is 2.26. The third kappa shape index (κ3) is 4.67. The summed E-state index contributed by atoms with van der Waals surface area (Å²) in [5.74, 6) is 0.415. The molecule has 0 bridgehead atoms. The zero-order chi connectivity index (χ0) is 16.2. The minimum absolute atomic E-state index is 0.0463. The molecule has 2 N–H and O–H groups in total. The molecule has 1 heterocycles. The average Bonchev–Trinajstić information content (AvgIpc) is 3.22. The van der Waals surface area contributed by atoms with Crippen LogP contribution in [0.2, 0.25) is 0 Å². The lowest BCUT2D eigenvalue weighted by molar-refractivity contribution is -0.120. The molecule has 0 unspecified atom stereocenters. The van der Waals surface area contributed by atoms with E-state index in [0.29, 0.717) is 23.9 Å². The van der Waals surface area contributed by atoms with Gasteiger partial charge in [-0.1, -0.05) is 17.3 Å². The second-order valence-electron chi connectivity index (χ2n) is 5.88. The Balaban J connectivity index is 1.50. The number of aryl methyl sites for hydroxylation is 1. The molecule has 6 heteroatoms. The number of benzene rings is 1. The van der Waals surface area contributed by atoms with Gasteiger partial charge in [0.1, 0.15) is 5.76 Å². The summed E-state index contributed by atoms with van der Waals surface area (Å²) in [5, 5.41) is 9.50. The molecule has 2 aromatic rings. The van der Waals surface area contributed by atoms with Gasteiger partial charge >= 0.3 is 0 Å². The zero-order valence-corrected chi connectivity index (χ0v) is 13.0. The van der Waals surface area contributed by atoms with E-state index in [0.717, 1.165) is 24.1 Å². The first kappa shape index (κ1) is 15.3. The lowest BCUT2D eigenvalue weighted by atomic mass is 10.1. The van der Waals surface area contributed by atoms with Crippen molar-refractivity contribution >= 4 is 17.5 Å². The van der Waals surface area contributed by atoms with Crippen LogP contribution in [0.5, 0.6) is 0 Å². The third-order valence-electron chi connectivity index (χ3n) is 3.56. The number of nitrogens with zero attached hydrogens (tertiary/aromatic N) is 1. The lowest BCUT2D eigenvalue weighted by Crippen LogP contribution is -2.26. The van der Waals surface area contributed by atoms with Gasteiger partial charge in [-0.2, -0.15) is 0 Å². The summed E-state index contributed by atoms with van der Waals surface area (Å²) in [6.45, 7) is 1.81. The van der Waals surface area contributed by atoms with Gasteiger partial charge < -0.3 is 15.2 Å². The van der Waals surface area contributed by atoms with Crippen molar-refractivity contribution in [2.45, 2.75) is 38.6 Å². The molecule has 23 heavy (non-hydrogen) atoms. The molecule has 1 aromatic heterocycles. The summed E-state index contributed by atoms with van der Waals surface area (Å²) in [7, 11) is 0. The van der Waals surface area contributed by atoms with Crippen LogP contribution < -0.4 is 10.6 Å². The first-order valence-electron chi connectivity index (χ1n) is 7.69. The number of amides is 2. The standard InChI is InChI=1S/C17H19N3O3/c1-11-8-15(23-20-11)10-17(22)19-13-4-2-12(3-5-13)9-16(21)18-14-6-7-14/h2-5,8,14H,6-7,9-10H2,1H3,(H,18,21)(H,19,22). The molecule has 0 radical (unpaired) electrons. The fraction of sp³-hybridized carbons (Fsp3) is 0.353. The van der Waals surface area contributed by atoms with E-state index < -0.39 is 0 Å². The maximum atomic E-state index is 11.9. The molecule has 6 nitrogen and oxygen atoms in total. The molecule has 1 saturated carbocycles. The second-order valence-corrected chi connectivity index (χ2v) is 5.88. The van der Waals surface area contributed by atoms with E-state index >= 15 is 0 Å². The van der Waals surface area contributed by atoms with Gasteiger partial charge in [-0.25, -0.2) is 0 Å². The Morgan fingerprint density at radius 1 is 1.17 bits per heavy atom. The maximum Gasteiger partial charge on any atom is 0.232 e. The number of rotatable bonds is 6. The van der Waals surface area contributed by atoms with E-state index in [4.69, 9.17) is 4.52 Å². The Bertz CT molecular complexity index is 702. The number of aromatic nitrogens is 1. The molecule has 1 fully saturated rings. The van der Waals surface area contributed by atoms with Gasteiger partial charge in [0.15, 0.2) is 0 Å². The van der Waals surface area contributed by atoms with Gasteiger partial charge in [0.2, 0.25) is 11.8 Å². The van der Waals surface area contributed by atoms with Crippen LogP contribution in [0.3, 0.4) is 0 Å². The molecule has 0 aliphatic heterocycles. The van der Waals surface area contributed by atoms with Crippen molar-refractivity contribution in [3.05, 3.63) is 47.3 Å². The van der Waals surface area contributed by atoms with E-state index in [1.165, 1.54) is 0 Å². The highest BCUT2D eigenvalue weighted by Gasteiger charge is 2.23. The molecular weight excluding hydrogens is 294 g/mol. The van der Waals surface area contributed by atoms with Crippen LogP contribution in [-0.2, 0) is 22.4 Å². The van der Waals surface area contributed by atoms with Crippen molar-refractivity contribution in [2.75, 3.05) is 5.32 Å². The van der Waals surface area contributed by atoms with Gasteiger partial charge in [0, 0.05) is 17.8 Å². The van der Waals surface area contributed by atoms with Gasteiger partial charge in [0.25, 0.3) is 0 Å². The van der Waals surface area contributed by atoms with Crippen LogP contribution in [0, 0.1) is 6.92 Å². The third-order valence-corrected chi connectivity index (χ3v) is 3.56. The second kappa shape index (κ2) is 6.64. The Hall–Kier alpha value is -2.63. The summed E-state index contributed by atoms with van der Waals surface area (Å²) in [5.41, 5.74) is 2.37. The SMILES string of the molecule is Cc1cc(CC(=O)Nc2ccc(CC(=O)NC3CC3)cc2)on1. The van der Waals surface area contributed by atoms with Gasteiger partial charge in [-0.15, -0.1) is 0 Å². The number of anilines is 1. The van der Waals surface area contributed by atoms with E-state index in [1.807, 2.05) is 19.1 Å². The number of hydrogen-bond donors (Lipinski definition) is 2. The summed E-state index contributed by atoms with van der Waals surface area (Å²) < 4.78 is 5.02. The Morgan fingerprint density at radius 3 is 2.52 bits per heavy atom. The van der Waals surface area contributed by atoms with Crippen LogP contribution in [-0.4, -0.2) is 23.0 Å². The van der Waals surface area contributed by atoms with E-state index in [9.17, 15) is 9.59 Å². The van der Waals surface area contributed by atoms with Crippen molar-refractivity contribution < 1.29 is 14.1 Å². The molecule has 120 valence electrons. The Labute approximate surface area is 134 Å². The predicted octanol–water partition coefficient (Wildman–Crippen LogP) is 1.99. The van der Waals surface area contributed by atoms with Crippen LogP contribution in [0.1, 0.15) is 29.9 Å². The van der Waals surface area contributed by atoms with Gasteiger partial charge in [0.05, 0.1) is 18.5 Å². The highest BCUT2D eigenvalue weighted by molar-refractivity contribution is 5.92. The first-order valence-corrected chi connectivity index (χ1v) is 7.69. The summed E-state index contributed by atoms with van der Waals surface area (Å²) in [6, 6.07) is 9.40. The number of carbonyl (C=O) groups is 2. The van der Waals surface area contributed by atoms with E-state index in [1.54, 1.807) is 18.2 Å². The molecule has 1 aromatic carbocycles. The number of nitrogens with one attached hydrogen (secondary N) is 2. The fourth-order valence-electron chi connectivity index (χ4n) is 2.26. The Kier molecular flexibility index (Phi) is 4.41. The highest BCUT2D eigenvalue weighted by atomic mass is 16.5. The normalized spacial score (nSPS) is 13.6. The van der Waals surface area contributed by atoms with Crippen LogP contribution in [0.4, 0.5) is 5.69 Å². The van der Waals surface area contributed by atoms with Crippen LogP contribution in [0.15, 0.2) is 34.9 Å². The maximum absolute atomic E-state index is 11.9. The summed E-state index contributed by atoms with van der Waals surface area (Å²) >= 11 is 0. The predicted molar refractivity (Wildman–Crippen MR) is 84.9 cm³/mol. The van der Waals surface area contributed by atoms with Gasteiger partial charge in [-0.3, -0.25) is 9.59 Å². The zero-order valence-electron chi connectivity index (χ0n) is 13.0. The first-order chi connectivity index (χ1) is 11.1. The summed E-state index contributed by atoms with van der Waals surface area (Å²) in [4.78, 5) is 23.7. The van der Waals surface area contributed by atoms with Crippen molar-refractivity contribution in [3.63, 3.8) is 0 Å². The van der Waals surface area contributed by atoms with Gasteiger partial charge in [-0.05, 0) is 37.5 Å².